The van der Waals surface area contributed by atoms with Gasteiger partial charge < -0.3 is 15.2 Å². The second-order valence-electron chi connectivity index (χ2n) is 4.38. The summed E-state index contributed by atoms with van der Waals surface area (Å²) in [5, 5.41) is 11.6. The van der Waals surface area contributed by atoms with Crippen molar-refractivity contribution in [3.63, 3.8) is 0 Å². The lowest BCUT2D eigenvalue weighted by atomic mass is 10.1. The number of hydrogen-bond acceptors (Lipinski definition) is 3. The third kappa shape index (κ3) is 3.76. The number of benzene rings is 1. The van der Waals surface area contributed by atoms with E-state index in [0.717, 1.165) is 12.1 Å². The second kappa shape index (κ2) is 4.38. The van der Waals surface area contributed by atoms with Gasteiger partial charge in [0.2, 0.25) is 0 Å². The van der Waals surface area contributed by atoms with E-state index in [9.17, 15) is 9.18 Å². The van der Waals surface area contributed by atoms with Crippen LogP contribution in [0.15, 0.2) is 18.2 Å². The van der Waals surface area contributed by atoms with Gasteiger partial charge in [-0.1, -0.05) is 0 Å². The molecule has 0 bridgehead atoms. The highest BCUT2D eigenvalue weighted by molar-refractivity contribution is 5.71. The number of halogens is 1. The number of hydrogen-bond donors (Lipinski definition) is 2. The smallest absolute Gasteiger partial charge is 0.413 e. The highest BCUT2D eigenvalue weighted by Gasteiger charge is 2.16. The second-order valence-corrected chi connectivity index (χ2v) is 4.38. The van der Waals surface area contributed by atoms with E-state index < -0.39 is 17.4 Å². The maximum Gasteiger partial charge on any atom is 0.413 e. The minimum atomic E-state index is -0.767. The molecule has 0 aromatic heterocycles. The van der Waals surface area contributed by atoms with Gasteiger partial charge in [-0.3, -0.25) is 0 Å². The zero-order valence-corrected chi connectivity index (χ0v) is 9.37. The maximum absolute atomic E-state index is 13.1. The van der Waals surface area contributed by atoms with Crippen LogP contribution < -0.4 is 10.1 Å². The first-order valence-corrected chi connectivity index (χ1v) is 4.76. The van der Waals surface area contributed by atoms with Crippen LogP contribution >= 0.6 is 0 Å². The van der Waals surface area contributed by atoms with Gasteiger partial charge in [0.1, 0.15) is 5.75 Å². The molecule has 1 aromatic rings. The van der Waals surface area contributed by atoms with Gasteiger partial charge in [0.05, 0.1) is 0 Å². The molecule has 88 valence electrons. The molecular weight excluding hydrogens is 213 g/mol. The number of carbonyl (C=O) groups is 1. The number of nitrogens with one attached hydrogen (secondary N) is 1. The third-order valence-corrected chi connectivity index (χ3v) is 1.59. The number of amides is 1. The standard InChI is InChI=1S/C11H14FNO3/c1-11(2,3)13-10(15)16-9-6-7(14)4-5-8(9)12/h4-6,14H,1-3H3,(H,13,15). The van der Waals surface area contributed by atoms with Crippen LogP contribution in [0, 0.1) is 5.82 Å². The average molecular weight is 227 g/mol. The fraction of sp³-hybridized carbons (Fsp3) is 0.364. The van der Waals surface area contributed by atoms with Crippen molar-refractivity contribution >= 4 is 6.09 Å². The summed E-state index contributed by atoms with van der Waals surface area (Å²) in [5.41, 5.74) is -0.468. The van der Waals surface area contributed by atoms with Gasteiger partial charge in [0, 0.05) is 11.6 Å². The van der Waals surface area contributed by atoms with Crippen LogP contribution in [-0.2, 0) is 0 Å². The summed E-state index contributed by atoms with van der Waals surface area (Å²) in [7, 11) is 0. The molecule has 1 amide bonds. The first-order valence-electron chi connectivity index (χ1n) is 4.76. The van der Waals surface area contributed by atoms with Gasteiger partial charge in [-0.05, 0) is 32.9 Å². The Labute approximate surface area is 93.0 Å². The van der Waals surface area contributed by atoms with Crippen molar-refractivity contribution in [2.24, 2.45) is 0 Å². The van der Waals surface area contributed by atoms with Crippen LogP contribution in [0.1, 0.15) is 20.8 Å². The molecule has 0 saturated heterocycles. The van der Waals surface area contributed by atoms with Crippen LogP contribution in [0.25, 0.3) is 0 Å². The Morgan fingerprint density at radius 3 is 2.62 bits per heavy atom. The van der Waals surface area contributed by atoms with E-state index in [4.69, 9.17) is 9.84 Å². The minimum absolute atomic E-state index is 0.167. The summed E-state index contributed by atoms with van der Waals surface area (Å²) in [5.74, 6) is -1.18. The summed E-state index contributed by atoms with van der Waals surface area (Å²) in [6.07, 6.45) is -0.767. The van der Waals surface area contributed by atoms with Crippen LogP contribution in [0.2, 0.25) is 0 Å². The van der Waals surface area contributed by atoms with Gasteiger partial charge in [-0.25, -0.2) is 9.18 Å². The molecule has 0 unspecified atom stereocenters. The topological polar surface area (TPSA) is 58.6 Å². The third-order valence-electron chi connectivity index (χ3n) is 1.59. The Morgan fingerprint density at radius 2 is 2.06 bits per heavy atom. The zero-order chi connectivity index (χ0) is 12.3. The molecule has 2 N–H and O–H groups in total. The molecule has 0 radical (unpaired) electrons. The Hall–Kier alpha value is -1.78. The molecule has 0 fully saturated rings. The highest BCUT2D eigenvalue weighted by atomic mass is 19.1. The van der Waals surface area contributed by atoms with Crippen molar-refractivity contribution in [2.45, 2.75) is 26.3 Å². The van der Waals surface area contributed by atoms with E-state index in [1.54, 1.807) is 20.8 Å². The predicted molar refractivity (Wildman–Crippen MR) is 57.0 cm³/mol. The van der Waals surface area contributed by atoms with Crippen molar-refractivity contribution in [3.8, 4) is 11.5 Å². The van der Waals surface area contributed by atoms with Crippen molar-refractivity contribution in [1.29, 1.82) is 0 Å². The molecule has 16 heavy (non-hydrogen) atoms. The lowest BCUT2D eigenvalue weighted by molar-refractivity contribution is 0.188. The molecule has 5 heteroatoms. The molecule has 0 aliphatic heterocycles. The van der Waals surface area contributed by atoms with E-state index in [0.29, 0.717) is 0 Å². The van der Waals surface area contributed by atoms with Crippen LogP contribution in [0.4, 0.5) is 9.18 Å². The molecule has 0 atom stereocenters. The Morgan fingerprint density at radius 1 is 1.44 bits per heavy atom. The summed E-state index contributed by atoms with van der Waals surface area (Å²) in [6, 6.07) is 3.23. The van der Waals surface area contributed by atoms with Gasteiger partial charge in [0.15, 0.2) is 11.6 Å². The van der Waals surface area contributed by atoms with Crippen LogP contribution in [0.5, 0.6) is 11.5 Å². The fourth-order valence-corrected chi connectivity index (χ4v) is 1.00. The van der Waals surface area contributed by atoms with Gasteiger partial charge in [-0.2, -0.15) is 0 Å². The number of phenols is 1. The Bertz CT molecular complexity index is 399. The lowest BCUT2D eigenvalue weighted by Crippen LogP contribution is -2.42. The number of phenolic OH excluding ortho intramolecular Hbond substituents is 1. The highest BCUT2D eigenvalue weighted by Crippen LogP contribution is 2.22. The number of aromatic hydroxyl groups is 1. The quantitative estimate of drug-likeness (QED) is 0.774. The Kier molecular flexibility index (Phi) is 3.37. The van der Waals surface area contributed by atoms with E-state index in [2.05, 4.69) is 5.32 Å². The van der Waals surface area contributed by atoms with Gasteiger partial charge >= 0.3 is 6.09 Å². The van der Waals surface area contributed by atoms with Crippen molar-refractivity contribution < 1.29 is 19.0 Å². The summed E-state index contributed by atoms with van der Waals surface area (Å²) < 4.78 is 17.9. The molecule has 4 nitrogen and oxygen atoms in total. The van der Waals surface area contributed by atoms with Crippen molar-refractivity contribution in [1.82, 2.24) is 5.32 Å². The molecule has 0 heterocycles. The lowest BCUT2D eigenvalue weighted by Gasteiger charge is -2.19. The molecule has 0 aliphatic carbocycles. The summed E-state index contributed by atoms with van der Waals surface area (Å²) in [4.78, 5) is 11.3. The normalized spacial score (nSPS) is 11.0. The number of ether oxygens (including phenoxy) is 1. The minimum Gasteiger partial charge on any atom is -0.508 e. The van der Waals surface area contributed by atoms with Crippen molar-refractivity contribution in [2.75, 3.05) is 0 Å². The molecule has 0 saturated carbocycles. The van der Waals surface area contributed by atoms with E-state index in [-0.39, 0.29) is 11.5 Å². The molecular formula is C11H14FNO3. The molecule has 1 rings (SSSR count). The van der Waals surface area contributed by atoms with Crippen LogP contribution in [-0.4, -0.2) is 16.7 Å². The van der Waals surface area contributed by atoms with E-state index in [1.165, 1.54) is 6.07 Å². The Balaban J connectivity index is 2.73. The number of rotatable bonds is 1. The average Bonchev–Trinajstić information content (AvgIpc) is 2.08. The summed E-state index contributed by atoms with van der Waals surface area (Å²) >= 11 is 0. The van der Waals surface area contributed by atoms with Gasteiger partial charge in [0.25, 0.3) is 0 Å². The maximum atomic E-state index is 13.1. The predicted octanol–water partition coefficient (Wildman–Crippen LogP) is 2.42. The van der Waals surface area contributed by atoms with Crippen LogP contribution in [0.3, 0.4) is 0 Å². The fourth-order valence-electron chi connectivity index (χ4n) is 1.00. The van der Waals surface area contributed by atoms with Crippen molar-refractivity contribution in [3.05, 3.63) is 24.0 Å². The molecule has 0 aliphatic rings. The van der Waals surface area contributed by atoms with E-state index >= 15 is 0 Å². The molecule has 1 aromatic carbocycles. The number of carbonyl (C=O) groups excluding carboxylic acids is 1. The molecule has 0 spiro atoms. The SMILES string of the molecule is CC(C)(C)NC(=O)Oc1cc(O)ccc1F. The van der Waals surface area contributed by atoms with Gasteiger partial charge in [-0.15, -0.1) is 0 Å². The summed E-state index contributed by atoms with van der Waals surface area (Å²) in [6.45, 7) is 5.31. The monoisotopic (exact) mass is 227 g/mol. The largest absolute Gasteiger partial charge is 0.508 e. The first-order chi connectivity index (χ1) is 7.28. The van der Waals surface area contributed by atoms with E-state index in [1.807, 2.05) is 0 Å². The zero-order valence-electron chi connectivity index (χ0n) is 9.37. The first kappa shape index (κ1) is 12.3.